The molecule has 1 rings (SSSR count). The van der Waals surface area contributed by atoms with Crippen LogP contribution in [0.1, 0.15) is 71.1 Å². The standard InChI is InChI=1S/C18H31NO3/c1-2-3-4-5-6-7-8-9-17(20)19-14-12-16(13-15-19)10-11-18(21)22/h8-9,16H,2-7,10-15H2,1H3,(H,21,22)/b9-8+. The zero-order valence-electron chi connectivity index (χ0n) is 13.9. The van der Waals surface area contributed by atoms with E-state index in [1.54, 1.807) is 6.08 Å². The van der Waals surface area contributed by atoms with Crippen molar-refractivity contribution in [2.45, 2.75) is 71.1 Å². The molecule has 0 radical (unpaired) electrons. The molecule has 22 heavy (non-hydrogen) atoms. The van der Waals surface area contributed by atoms with E-state index in [0.717, 1.165) is 38.8 Å². The number of carbonyl (C=O) groups is 2. The fourth-order valence-corrected chi connectivity index (χ4v) is 2.92. The van der Waals surface area contributed by atoms with Crippen molar-refractivity contribution in [3.8, 4) is 0 Å². The fraction of sp³-hybridized carbons (Fsp3) is 0.778. The molecule has 0 saturated carbocycles. The predicted molar refractivity (Wildman–Crippen MR) is 88.7 cm³/mol. The zero-order chi connectivity index (χ0) is 16.2. The van der Waals surface area contributed by atoms with E-state index in [9.17, 15) is 9.59 Å². The molecule has 0 aliphatic carbocycles. The quantitative estimate of drug-likeness (QED) is 0.490. The Balaban J connectivity index is 2.12. The van der Waals surface area contributed by atoms with Gasteiger partial charge in [0.1, 0.15) is 0 Å². The Kier molecular flexibility index (Phi) is 9.60. The van der Waals surface area contributed by atoms with Crippen LogP contribution < -0.4 is 0 Å². The maximum Gasteiger partial charge on any atom is 0.303 e. The van der Waals surface area contributed by atoms with Crippen molar-refractivity contribution < 1.29 is 14.7 Å². The molecule has 0 atom stereocenters. The summed E-state index contributed by atoms with van der Waals surface area (Å²) in [5, 5.41) is 8.70. The molecular weight excluding hydrogens is 278 g/mol. The van der Waals surface area contributed by atoms with Crippen LogP contribution in [-0.2, 0) is 9.59 Å². The van der Waals surface area contributed by atoms with Gasteiger partial charge in [0, 0.05) is 19.5 Å². The van der Waals surface area contributed by atoms with Gasteiger partial charge in [-0.25, -0.2) is 0 Å². The number of carbonyl (C=O) groups excluding carboxylic acids is 1. The summed E-state index contributed by atoms with van der Waals surface area (Å²) in [6, 6.07) is 0. The fourth-order valence-electron chi connectivity index (χ4n) is 2.92. The first-order chi connectivity index (χ1) is 10.6. The summed E-state index contributed by atoms with van der Waals surface area (Å²) in [6.07, 6.45) is 13.8. The molecule has 0 unspecified atom stereocenters. The summed E-state index contributed by atoms with van der Waals surface area (Å²) in [4.78, 5) is 24.5. The van der Waals surface area contributed by atoms with E-state index in [1.165, 1.54) is 32.1 Å². The lowest BCUT2D eigenvalue weighted by molar-refractivity contribution is -0.137. The normalized spacial score (nSPS) is 16.3. The van der Waals surface area contributed by atoms with Crippen molar-refractivity contribution in [1.29, 1.82) is 0 Å². The number of carboxylic acids is 1. The van der Waals surface area contributed by atoms with Crippen molar-refractivity contribution in [3.05, 3.63) is 12.2 Å². The third-order valence-electron chi connectivity index (χ3n) is 4.43. The number of hydrogen-bond acceptors (Lipinski definition) is 2. The summed E-state index contributed by atoms with van der Waals surface area (Å²) < 4.78 is 0. The molecule has 0 aromatic carbocycles. The summed E-state index contributed by atoms with van der Waals surface area (Å²) in [5.41, 5.74) is 0. The second kappa shape index (κ2) is 11.3. The lowest BCUT2D eigenvalue weighted by atomic mass is 9.92. The molecule has 1 aliphatic rings. The molecule has 0 aromatic rings. The van der Waals surface area contributed by atoms with Crippen LogP contribution in [-0.4, -0.2) is 35.0 Å². The highest BCUT2D eigenvalue weighted by molar-refractivity contribution is 5.87. The Morgan fingerprint density at radius 3 is 2.45 bits per heavy atom. The molecule has 4 heteroatoms. The first-order valence-electron chi connectivity index (χ1n) is 8.80. The molecule has 0 aromatic heterocycles. The van der Waals surface area contributed by atoms with Gasteiger partial charge in [-0.1, -0.05) is 38.7 Å². The van der Waals surface area contributed by atoms with Crippen LogP contribution in [0.25, 0.3) is 0 Å². The number of hydrogen-bond donors (Lipinski definition) is 1. The Bertz CT molecular complexity index is 357. The maximum absolute atomic E-state index is 12.1. The molecule has 126 valence electrons. The monoisotopic (exact) mass is 309 g/mol. The average Bonchev–Trinajstić information content (AvgIpc) is 2.52. The van der Waals surface area contributed by atoms with Gasteiger partial charge in [0.2, 0.25) is 5.91 Å². The van der Waals surface area contributed by atoms with Gasteiger partial charge in [0.25, 0.3) is 0 Å². The van der Waals surface area contributed by atoms with Gasteiger partial charge in [-0.3, -0.25) is 9.59 Å². The van der Waals surface area contributed by atoms with E-state index in [-0.39, 0.29) is 12.3 Å². The summed E-state index contributed by atoms with van der Waals surface area (Å²) in [5.74, 6) is -0.145. The van der Waals surface area contributed by atoms with Crippen LogP contribution in [0.3, 0.4) is 0 Å². The summed E-state index contributed by atoms with van der Waals surface area (Å²) >= 11 is 0. The third kappa shape index (κ3) is 8.20. The highest BCUT2D eigenvalue weighted by atomic mass is 16.4. The second-order valence-corrected chi connectivity index (χ2v) is 6.31. The van der Waals surface area contributed by atoms with E-state index in [2.05, 4.69) is 6.92 Å². The van der Waals surface area contributed by atoms with Crippen LogP contribution in [0.15, 0.2) is 12.2 Å². The van der Waals surface area contributed by atoms with Gasteiger partial charge < -0.3 is 10.0 Å². The number of unbranched alkanes of at least 4 members (excludes halogenated alkanes) is 5. The smallest absolute Gasteiger partial charge is 0.303 e. The number of allylic oxidation sites excluding steroid dienone is 1. The van der Waals surface area contributed by atoms with Crippen molar-refractivity contribution in [2.75, 3.05) is 13.1 Å². The minimum atomic E-state index is -0.722. The van der Waals surface area contributed by atoms with Crippen molar-refractivity contribution in [3.63, 3.8) is 0 Å². The number of amides is 1. The van der Waals surface area contributed by atoms with E-state index in [0.29, 0.717) is 5.92 Å². The Morgan fingerprint density at radius 1 is 1.14 bits per heavy atom. The highest BCUT2D eigenvalue weighted by Gasteiger charge is 2.21. The minimum Gasteiger partial charge on any atom is -0.481 e. The third-order valence-corrected chi connectivity index (χ3v) is 4.43. The average molecular weight is 309 g/mol. The zero-order valence-corrected chi connectivity index (χ0v) is 13.9. The van der Waals surface area contributed by atoms with Gasteiger partial charge in [-0.15, -0.1) is 0 Å². The molecule has 0 bridgehead atoms. The predicted octanol–water partition coefficient (Wildman–Crippen LogP) is 4.01. The lowest BCUT2D eigenvalue weighted by Gasteiger charge is -2.31. The Labute approximate surface area is 134 Å². The van der Waals surface area contributed by atoms with Crippen LogP contribution in [0.4, 0.5) is 0 Å². The van der Waals surface area contributed by atoms with Crippen LogP contribution in [0, 0.1) is 5.92 Å². The SMILES string of the molecule is CCCCCCC/C=C/C(=O)N1CCC(CCC(=O)O)CC1. The molecule has 4 nitrogen and oxygen atoms in total. The molecular formula is C18H31NO3. The largest absolute Gasteiger partial charge is 0.481 e. The van der Waals surface area contributed by atoms with Gasteiger partial charge in [0.05, 0.1) is 0 Å². The molecule has 1 aliphatic heterocycles. The maximum atomic E-state index is 12.1. The number of piperidine rings is 1. The molecule has 1 N–H and O–H groups in total. The van der Waals surface area contributed by atoms with Crippen LogP contribution >= 0.6 is 0 Å². The Hall–Kier alpha value is -1.32. The minimum absolute atomic E-state index is 0.116. The van der Waals surface area contributed by atoms with Crippen molar-refractivity contribution in [2.24, 2.45) is 5.92 Å². The summed E-state index contributed by atoms with van der Waals surface area (Å²) in [6.45, 7) is 3.75. The van der Waals surface area contributed by atoms with E-state index in [1.807, 2.05) is 11.0 Å². The molecule has 1 amide bonds. The van der Waals surface area contributed by atoms with E-state index >= 15 is 0 Å². The first kappa shape index (κ1) is 18.7. The van der Waals surface area contributed by atoms with Crippen molar-refractivity contribution >= 4 is 11.9 Å². The molecule has 1 heterocycles. The van der Waals surface area contributed by atoms with Crippen LogP contribution in [0.2, 0.25) is 0 Å². The van der Waals surface area contributed by atoms with Crippen LogP contribution in [0.5, 0.6) is 0 Å². The molecule has 0 spiro atoms. The summed E-state index contributed by atoms with van der Waals surface area (Å²) in [7, 11) is 0. The topological polar surface area (TPSA) is 57.6 Å². The highest BCUT2D eigenvalue weighted by Crippen LogP contribution is 2.22. The second-order valence-electron chi connectivity index (χ2n) is 6.31. The lowest BCUT2D eigenvalue weighted by Crippen LogP contribution is -2.37. The van der Waals surface area contributed by atoms with Gasteiger partial charge >= 0.3 is 5.97 Å². The van der Waals surface area contributed by atoms with E-state index < -0.39 is 5.97 Å². The first-order valence-corrected chi connectivity index (χ1v) is 8.80. The van der Waals surface area contributed by atoms with Gasteiger partial charge in [0.15, 0.2) is 0 Å². The molecule has 1 saturated heterocycles. The molecule has 1 fully saturated rings. The number of nitrogens with zero attached hydrogens (tertiary/aromatic N) is 1. The number of carboxylic acid groups (broad SMARTS) is 1. The number of aliphatic carboxylic acids is 1. The van der Waals surface area contributed by atoms with Gasteiger partial charge in [-0.05, 0) is 44.1 Å². The number of rotatable bonds is 10. The van der Waals surface area contributed by atoms with Crippen molar-refractivity contribution in [1.82, 2.24) is 4.90 Å². The number of likely N-dealkylation sites (tertiary alicyclic amines) is 1. The van der Waals surface area contributed by atoms with Gasteiger partial charge in [-0.2, -0.15) is 0 Å². The van der Waals surface area contributed by atoms with E-state index in [4.69, 9.17) is 5.11 Å². The Morgan fingerprint density at radius 2 is 1.82 bits per heavy atom.